The molecular weight excluding hydrogens is 313 g/mol. The number of methoxy groups -OCH3 is 2. The summed E-state index contributed by atoms with van der Waals surface area (Å²) in [5, 5.41) is 12.4. The highest BCUT2D eigenvalue weighted by atomic mass is 19.1. The molecule has 0 radical (unpaired) electrons. The van der Waals surface area contributed by atoms with Gasteiger partial charge in [-0.05, 0) is 42.8 Å². The summed E-state index contributed by atoms with van der Waals surface area (Å²) in [5.74, 6) is -0.728. The van der Waals surface area contributed by atoms with E-state index in [1.807, 2.05) is 12.1 Å². The molecule has 24 heavy (non-hydrogen) atoms. The lowest BCUT2D eigenvalue weighted by Gasteiger charge is -2.24. The van der Waals surface area contributed by atoms with E-state index in [-0.39, 0.29) is 11.3 Å². The van der Waals surface area contributed by atoms with Crippen LogP contribution in [0.15, 0.2) is 42.5 Å². The van der Waals surface area contributed by atoms with Crippen molar-refractivity contribution in [1.82, 2.24) is 5.32 Å². The van der Waals surface area contributed by atoms with E-state index in [1.165, 1.54) is 7.11 Å². The maximum absolute atomic E-state index is 13.3. The van der Waals surface area contributed by atoms with Crippen LogP contribution >= 0.6 is 0 Å². The molecule has 128 valence electrons. The van der Waals surface area contributed by atoms with E-state index < -0.39 is 23.9 Å². The van der Waals surface area contributed by atoms with Crippen molar-refractivity contribution >= 4 is 5.91 Å². The first kappa shape index (κ1) is 17.7. The van der Waals surface area contributed by atoms with Crippen molar-refractivity contribution in [3.8, 4) is 11.5 Å². The molecule has 6 heteroatoms. The average molecular weight is 333 g/mol. The molecule has 0 unspecified atom stereocenters. The molecule has 2 N–H and O–H groups in total. The van der Waals surface area contributed by atoms with Crippen LogP contribution in [0.25, 0.3) is 0 Å². The number of hydrogen-bond donors (Lipinski definition) is 2. The number of carbonyl (C=O) groups is 1. The van der Waals surface area contributed by atoms with Gasteiger partial charge in [0.15, 0.2) is 0 Å². The van der Waals surface area contributed by atoms with Gasteiger partial charge < -0.3 is 19.9 Å². The number of ether oxygens (including phenoxy) is 2. The Bertz CT molecular complexity index is 703. The molecule has 2 atom stereocenters. The van der Waals surface area contributed by atoms with Gasteiger partial charge in [-0.3, -0.25) is 4.79 Å². The van der Waals surface area contributed by atoms with E-state index in [1.54, 1.807) is 26.2 Å². The highest BCUT2D eigenvalue weighted by molar-refractivity contribution is 5.97. The third-order valence-corrected chi connectivity index (χ3v) is 3.71. The molecule has 0 aromatic heterocycles. The fourth-order valence-electron chi connectivity index (χ4n) is 2.47. The van der Waals surface area contributed by atoms with Crippen molar-refractivity contribution in [2.24, 2.45) is 0 Å². The summed E-state index contributed by atoms with van der Waals surface area (Å²) in [7, 11) is 3.12. The predicted octanol–water partition coefficient (Wildman–Crippen LogP) is 3.05. The normalized spacial score (nSPS) is 13.2. The molecule has 2 aromatic carbocycles. The third kappa shape index (κ3) is 4.02. The predicted molar refractivity (Wildman–Crippen MR) is 87.7 cm³/mol. The Morgan fingerprint density at radius 1 is 1.17 bits per heavy atom. The summed E-state index contributed by atoms with van der Waals surface area (Å²) >= 11 is 0. The van der Waals surface area contributed by atoms with E-state index in [2.05, 4.69) is 5.32 Å². The molecule has 0 aliphatic heterocycles. The summed E-state index contributed by atoms with van der Waals surface area (Å²) in [5.41, 5.74) is 0.737. The molecule has 2 rings (SSSR count). The molecule has 0 aliphatic rings. The van der Waals surface area contributed by atoms with Crippen LogP contribution in [0.5, 0.6) is 11.5 Å². The third-order valence-electron chi connectivity index (χ3n) is 3.71. The number of rotatable bonds is 6. The minimum atomic E-state index is -0.593. The second-order valence-corrected chi connectivity index (χ2v) is 5.35. The Balaban J connectivity index is 2.14. The molecule has 0 saturated heterocycles. The lowest BCUT2D eigenvalue weighted by molar-refractivity contribution is 0.0643. The molecule has 2 aromatic rings. The van der Waals surface area contributed by atoms with Gasteiger partial charge in [0.25, 0.3) is 5.91 Å². The minimum absolute atomic E-state index is 0.119. The van der Waals surface area contributed by atoms with Crippen molar-refractivity contribution < 1.29 is 23.8 Å². The van der Waals surface area contributed by atoms with Crippen LogP contribution in [0, 0.1) is 5.82 Å². The number of halogens is 1. The van der Waals surface area contributed by atoms with Gasteiger partial charge in [0.05, 0.1) is 18.7 Å². The number of aromatic hydroxyl groups is 1. The smallest absolute Gasteiger partial charge is 0.255 e. The molecule has 0 fully saturated rings. The maximum atomic E-state index is 13.3. The van der Waals surface area contributed by atoms with Gasteiger partial charge in [-0.25, -0.2) is 4.39 Å². The molecule has 0 saturated carbocycles. The first-order chi connectivity index (χ1) is 11.5. The van der Waals surface area contributed by atoms with Crippen LogP contribution in [-0.2, 0) is 4.74 Å². The number of benzene rings is 2. The highest BCUT2D eigenvalue weighted by Gasteiger charge is 2.22. The SMILES string of the molecule is COc1ccc([C@H](OC)[C@@H](C)NC(=O)c2cc(F)ccc2O)cc1. The second-order valence-electron chi connectivity index (χ2n) is 5.35. The quantitative estimate of drug-likeness (QED) is 0.853. The molecule has 0 bridgehead atoms. The lowest BCUT2D eigenvalue weighted by Crippen LogP contribution is -2.37. The number of amides is 1. The molecule has 0 spiro atoms. The van der Waals surface area contributed by atoms with Crippen LogP contribution in [-0.4, -0.2) is 31.3 Å². The first-order valence-corrected chi connectivity index (χ1v) is 7.42. The van der Waals surface area contributed by atoms with E-state index >= 15 is 0 Å². The molecule has 5 nitrogen and oxygen atoms in total. The van der Waals surface area contributed by atoms with Crippen LogP contribution in [0.3, 0.4) is 0 Å². The number of carbonyl (C=O) groups excluding carboxylic acids is 1. The number of phenols is 1. The Morgan fingerprint density at radius 2 is 1.83 bits per heavy atom. The zero-order valence-corrected chi connectivity index (χ0v) is 13.7. The van der Waals surface area contributed by atoms with E-state index in [4.69, 9.17) is 9.47 Å². The van der Waals surface area contributed by atoms with Crippen molar-refractivity contribution in [3.05, 3.63) is 59.4 Å². The van der Waals surface area contributed by atoms with Gasteiger partial charge in [-0.1, -0.05) is 12.1 Å². The number of hydrogen-bond acceptors (Lipinski definition) is 4. The van der Waals surface area contributed by atoms with E-state index in [9.17, 15) is 14.3 Å². The van der Waals surface area contributed by atoms with Crippen LogP contribution in [0.4, 0.5) is 4.39 Å². The average Bonchev–Trinajstić information content (AvgIpc) is 2.58. The van der Waals surface area contributed by atoms with Gasteiger partial charge in [0, 0.05) is 7.11 Å². The largest absolute Gasteiger partial charge is 0.507 e. The number of nitrogens with one attached hydrogen (secondary N) is 1. The standard InChI is InChI=1S/C18H20FNO4/c1-11(17(24-3)12-4-7-14(23-2)8-5-12)20-18(22)15-10-13(19)6-9-16(15)21/h4-11,17,21H,1-3H3,(H,20,22)/t11-,17-/m1/s1. The zero-order chi connectivity index (χ0) is 17.7. The first-order valence-electron chi connectivity index (χ1n) is 7.42. The Kier molecular flexibility index (Phi) is 5.76. The van der Waals surface area contributed by atoms with Crippen LogP contribution in [0.1, 0.15) is 28.9 Å². The van der Waals surface area contributed by atoms with Crippen LogP contribution in [0.2, 0.25) is 0 Å². The van der Waals surface area contributed by atoms with E-state index in [0.29, 0.717) is 0 Å². The molecule has 1 amide bonds. The van der Waals surface area contributed by atoms with Gasteiger partial charge in [0.2, 0.25) is 0 Å². The van der Waals surface area contributed by atoms with Gasteiger partial charge in [0.1, 0.15) is 23.4 Å². The monoisotopic (exact) mass is 333 g/mol. The van der Waals surface area contributed by atoms with Crippen molar-refractivity contribution in [3.63, 3.8) is 0 Å². The van der Waals surface area contributed by atoms with E-state index in [0.717, 1.165) is 29.5 Å². The zero-order valence-electron chi connectivity index (χ0n) is 13.7. The van der Waals surface area contributed by atoms with Crippen molar-refractivity contribution in [2.75, 3.05) is 14.2 Å². The molecule has 0 heterocycles. The summed E-state index contributed by atoms with van der Waals surface area (Å²) in [6.45, 7) is 1.77. The number of phenolic OH excluding ortho intramolecular Hbond substituents is 1. The summed E-state index contributed by atoms with van der Waals surface area (Å²) < 4.78 is 23.9. The van der Waals surface area contributed by atoms with Crippen molar-refractivity contribution in [2.45, 2.75) is 19.1 Å². The summed E-state index contributed by atoms with van der Waals surface area (Å²) in [6, 6.07) is 10.1. The Labute approximate surface area is 140 Å². The maximum Gasteiger partial charge on any atom is 0.255 e. The van der Waals surface area contributed by atoms with Gasteiger partial charge in [-0.15, -0.1) is 0 Å². The Hall–Kier alpha value is -2.60. The lowest BCUT2D eigenvalue weighted by atomic mass is 10.0. The van der Waals surface area contributed by atoms with Crippen molar-refractivity contribution in [1.29, 1.82) is 0 Å². The fourth-order valence-corrected chi connectivity index (χ4v) is 2.47. The highest BCUT2D eigenvalue weighted by Crippen LogP contribution is 2.24. The summed E-state index contributed by atoms with van der Waals surface area (Å²) in [4.78, 5) is 12.3. The summed E-state index contributed by atoms with van der Waals surface area (Å²) in [6.07, 6.45) is -0.407. The molecule has 0 aliphatic carbocycles. The fraction of sp³-hybridized carbons (Fsp3) is 0.278. The van der Waals surface area contributed by atoms with Crippen LogP contribution < -0.4 is 10.1 Å². The Morgan fingerprint density at radius 3 is 2.42 bits per heavy atom. The molecular formula is C18H20FNO4. The second kappa shape index (κ2) is 7.79. The van der Waals surface area contributed by atoms with Gasteiger partial charge >= 0.3 is 0 Å². The van der Waals surface area contributed by atoms with Gasteiger partial charge in [-0.2, -0.15) is 0 Å². The topological polar surface area (TPSA) is 67.8 Å². The minimum Gasteiger partial charge on any atom is -0.507 e.